The van der Waals surface area contributed by atoms with Gasteiger partial charge in [0.15, 0.2) is 11.6 Å². The molecule has 1 fully saturated rings. The smallest absolute Gasteiger partial charge is 0.241 e. The molecule has 154 valence electrons. The Hall–Kier alpha value is -2.99. The van der Waals surface area contributed by atoms with Crippen LogP contribution in [0.1, 0.15) is 24.8 Å². The minimum atomic E-state index is -1.30. The van der Waals surface area contributed by atoms with Gasteiger partial charge in [0.2, 0.25) is 11.8 Å². The molecule has 4 rings (SSSR count). The summed E-state index contributed by atoms with van der Waals surface area (Å²) in [5, 5.41) is 10.2. The number of rotatable bonds is 3. The molecule has 2 amide bonds. The number of allylic oxidation sites excluding steroid dienone is 3. The van der Waals surface area contributed by atoms with Crippen LogP contribution in [0.4, 0.5) is 14.5 Å². The number of imide groups is 1. The molecule has 30 heavy (non-hydrogen) atoms. The number of carbonyl (C=O) groups is 2. The molecule has 0 unspecified atom stereocenters. The molecular weight excluding hydrogens is 412 g/mol. The predicted octanol–water partition coefficient (Wildman–Crippen LogP) is 5.12. The first-order chi connectivity index (χ1) is 14.2. The van der Waals surface area contributed by atoms with Crippen molar-refractivity contribution >= 4 is 29.1 Å². The van der Waals surface area contributed by atoms with Crippen LogP contribution < -0.4 is 4.90 Å². The summed E-state index contributed by atoms with van der Waals surface area (Å²) in [5.41, 5.74) is -0.320. The standard InChI is InChI=1S/C23H18ClF2NO3/c1-3-12-7-9-15-21(29)27(13-8-10-17(25)16(24)11-13)22(30)23(15,2)19(12)14-5-4-6-18(26)20(14)28/h3-8,10-11,15,19,28H,1,9H2,2H3/t15-,19+,23+/m0/s1. The number of aromatic hydroxyl groups is 1. The average molecular weight is 430 g/mol. The quantitative estimate of drug-likeness (QED) is 0.689. The zero-order valence-corrected chi connectivity index (χ0v) is 16.8. The van der Waals surface area contributed by atoms with Gasteiger partial charge in [-0.15, -0.1) is 0 Å². The van der Waals surface area contributed by atoms with Gasteiger partial charge in [0.05, 0.1) is 22.0 Å². The van der Waals surface area contributed by atoms with Crippen LogP contribution in [0.3, 0.4) is 0 Å². The number of carbonyl (C=O) groups excluding carboxylic acids is 2. The Morgan fingerprint density at radius 1 is 1.23 bits per heavy atom. The Balaban J connectivity index is 1.90. The van der Waals surface area contributed by atoms with E-state index in [4.69, 9.17) is 11.6 Å². The fourth-order valence-electron chi connectivity index (χ4n) is 4.63. The van der Waals surface area contributed by atoms with Crippen molar-refractivity contribution in [2.24, 2.45) is 11.3 Å². The van der Waals surface area contributed by atoms with E-state index in [1.165, 1.54) is 24.3 Å². The van der Waals surface area contributed by atoms with E-state index < -0.39 is 46.4 Å². The number of anilines is 1. The summed E-state index contributed by atoms with van der Waals surface area (Å²) < 4.78 is 27.7. The van der Waals surface area contributed by atoms with Crippen molar-refractivity contribution in [2.45, 2.75) is 19.3 Å². The Kier molecular flexibility index (Phi) is 4.77. The van der Waals surface area contributed by atoms with Gasteiger partial charge < -0.3 is 5.11 Å². The SMILES string of the molecule is C=CC1=CC[C@H]2C(=O)N(c3ccc(F)c(Cl)c3)C(=O)[C@@]2(C)[C@H]1c1cccc(F)c1O. The van der Waals surface area contributed by atoms with E-state index in [0.29, 0.717) is 5.57 Å². The fourth-order valence-corrected chi connectivity index (χ4v) is 4.80. The summed E-state index contributed by atoms with van der Waals surface area (Å²) in [4.78, 5) is 27.9. The number of hydrogen-bond acceptors (Lipinski definition) is 3. The van der Waals surface area contributed by atoms with Crippen molar-refractivity contribution < 1.29 is 23.5 Å². The van der Waals surface area contributed by atoms with Crippen molar-refractivity contribution in [3.8, 4) is 5.75 Å². The molecule has 1 aliphatic heterocycles. The van der Waals surface area contributed by atoms with Crippen LogP contribution in [0.5, 0.6) is 5.75 Å². The number of phenols is 1. The molecule has 0 saturated carbocycles. The van der Waals surface area contributed by atoms with E-state index in [0.717, 1.165) is 17.0 Å². The first kappa shape index (κ1) is 20.3. The minimum absolute atomic E-state index is 0.161. The average Bonchev–Trinajstić information content (AvgIpc) is 2.92. The lowest BCUT2D eigenvalue weighted by molar-refractivity contribution is -0.127. The molecule has 0 spiro atoms. The number of halogens is 3. The van der Waals surface area contributed by atoms with E-state index in [9.17, 15) is 23.5 Å². The highest BCUT2D eigenvalue weighted by molar-refractivity contribution is 6.31. The minimum Gasteiger partial charge on any atom is -0.505 e. The molecule has 2 aliphatic rings. The Bertz CT molecular complexity index is 1130. The third-order valence-electron chi connectivity index (χ3n) is 6.15. The zero-order valence-electron chi connectivity index (χ0n) is 16.0. The van der Waals surface area contributed by atoms with E-state index in [2.05, 4.69) is 6.58 Å². The molecule has 7 heteroatoms. The van der Waals surface area contributed by atoms with Gasteiger partial charge in [-0.2, -0.15) is 0 Å². The molecule has 0 aromatic heterocycles. The molecule has 2 aromatic carbocycles. The van der Waals surface area contributed by atoms with Crippen LogP contribution in [0.15, 0.2) is 60.7 Å². The summed E-state index contributed by atoms with van der Waals surface area (Å²) in [6.45, 7) is 5.42. The van der Waals surface area contributed by atoms with Crippen molar-refractivity contribution in [1.82, 2.24) is 0 Å². The largest absolute Gasteiger partial charge is 0.505 e. The van der Waals surface area contributed by atoms with Gasteiger partial charge in [0.1, 0.15) is 5.82 Å². The number of phenolic OH excluding ortho intramolecular Hbond substituents is 1. The lowest BCUT2D eigenvalue weighted by Gasteiger charge is -2.40. The van der Waals surface area contributed by atoms with Crippen LogP contribution in [-0.4, -0.2) is 16.9 Å². The molecule has 2 aromatic rings. The predicted molar refractivity (Wildman–Crippen MR) is 109 cm³/mol. The highest BCUT2D eigenvalue weighted by Crippen LogP contribution is 2.58. The summed E-state index contributed by atoms with van der Waals surface area (Å²) in [5.74, 6) is -4.57. The Morgan fingerprint density at radius 3 is 2.63 bits per heavy atom. The highest BCUT2D eigenvalue weighted by Gasteiger charge is 2.62. The Labute approximate surface area is 177 Å². The second kappa shape index (κ2) is 7.06. The monoisotopic (exact) mass is 429 g/mol. The van der Waals surface area contributed by atoms with E-state index in [-0.39, 0.29) is 22.7 Å². The molecule has 1 aliphatic carbocycles. The number of para-hydroxylation sites is 1. The highest BCUT2D eigenvalue weighted by atomic mass is 35.5. The Morgan fingerprint density at radius 2 is 1.97 bits per heavy atom. The molecule has 4 nitrogen and oxygen atoms in total. The zero-order chi connectivity index (χ0) is 21.8. The molecule has 1 N–H and O–H groups in total. The maximum absolute atomic E-state index is 14.1. The van der Waals surface area contributed by atoms with Crippen LogP contribution in [0.2, 0.25) is 5.02 Å². The molecule has 1 saturated heterocycles. The first-order valence-electron chi connectivity index (χ1n) is 9.35. The van der Waals surface area contributed by atoms with Gasteiger partial charge in [-0.05, 0) is 43.2 Å². The molecule has 0 bridgehead atoms. The number of fused-ring (bicyclic) bond motifs is 1. The van der Waals surface area contributed by atoms with E-state index >= 15 is 0 Å². The summed E-state index contributed by atoms with van der Waals surface area (Å²) in [6, 6.07) is 7.72. The summed E-state index contributed by atoms with van der Waals surface area (Å²) >= 11 is 5.86. The number of amides is 2. The second-order valence-corrected chi connectivity index (χ2v) is 8.07. The van der Waals surface area contributed by atoms with E-state index in [1.807, 2.05) is 0 Å². The van der Waals surface area contributed by atoms with Crippen LogP contribution in [0.25, 0.3) is 0 Å². The van der Waals surface area contributed by atoms with Gasteiger partial charge in [0.25, 0.3) is 0 Å². The second-order valence-electron chi connectivity index (χ2n) is 7.67. The molecule has 3 atom stereocenters. The van der Waals surface area contributed by atoms with Crippen LogP contribution in [0, 0.1) is 23.0 Å². The van der Waals surface area contributed by atoms with Crippen molar-refractivity contribution in [2.75, 3.05) is 4.90 Å². The van der Waals surface area contributed by atoms with Crippen LogP contribution >= 0.6 is 11.6 Å². The van der Waals surface area contributed by atoms with Crippen molar-refractivity contribution in [3.05, 3.63) is 82.9 Å². The number of hydrogen-bond donors (Lipinski definition) is 1. The van der Waals surface area contributed by atoms with Gasteiger partial charge in [0, 0.05) is 11.5 Å². The summed E-state index contributed by atoms with van der Waals surface area (Å²) in [6.07, 6.45) is 3.60. The fraction of sp³-hybridized carbons (Fsp3) is 0.217. The lowest BCUT2D eigenvalue weighted by Crippen LogP contribution is -2.41. The van der Waals surface area contributed by atoms with Gasteiger partial charge in [-0.25, -0.2) is 13.7 Å². The maximum Gasteiger partial charge on any atom is 0.241 e. The number of benzene rings is 2. The van der Waals surface area contributed by atoms with Gasteiger partial charge in [-0.3, -0.25) is 9.59 Å². The van der Waals surface area contributed by atoms with Gasteiger partial charge in [-0.1, -0.05) is 42.5 Å². The number of nitrogens with zero attached hydrogens (tertiary/aromatic N) is 1. The molecule has 0 radical (unpaired) electrons. The summed E-state index contributed by atoms with van der Waals surface area (Å²) in [7, 11) is 0. The normalized spacial score (nSPS) is 25.9. The lowest BCUT2D eigenvalue weighted by atomic mass is 9.60. The third kappa shape index (κ3) is 2.70. The van der Waals surface area contributed by atoms with Gasteiger partial charge >= 0.3 is 0 Å². The molecular formula is C23H18ClF2NO3. The van der Waals surface area contributed by atoms with E-state index in [1.54, 1.807) is 19.1 Å². The third-order valence-corrected chi connectivity index (χ3v) is 6.44. The van der Waals surface area contributed by atoms with Crippen molar-refractivity contribution in [1.29, 1.82) is 0 Å². The topological polar surface area (TPSA) is 57.6 Å². The first-order valence-corrected chi connectivity index (χ1v) is 9.73. The van der Waals surface area contributed by atoms with Crippen molar-refractivity contribution in [3.63, 3.8) is 0 Å². The maximum atomic E-state index is 14.1. The van der Waals surface area contributed by atoms with Crippen LogP contribution in [-0.2, 0) is 9.59 Å². The molecule has 1 heterocycles.